The van der Waals surface area contributed by atoms with Crippen LogP contribution in [0.1, 0.15) is 13.8 Å². The number of non-ortho nitro benzene ring substituents is 1. The molecule has 0 amide bonds. The van der Waals surface area contributed by atoms with Crippen LogP contribution < -0.4 is 11.1 Å². The van der Waals surface area contributed by atoms with Gasteiger partial charge in [0.1, 0.15) is 0 Å². The lowest BCUT2D eigenvalue weighted by Crippen LogP contribution is -2.35. The first-order chi connectivity index (χ1) is 9.88. The monoisotopic (exact) mass is 295 g/mol. The Kier molecular flexibility index (Phi) is 4.39. The molecule has 0 spiro atoms. The first kappa shape index (κ1) is 15.2. The second kappa shape index (κ2) is 6.06. The van der Waals surface area contributed by atoms with Gasteiger partial charge in [-0.15, -0.1) is 0 Å². The van der Waals surface area contributed by atoms with Gasteiger partial charge >= 0.3 is 5.76 Å². The minimum absolute atomic E-state index is 0.00667. The largest absolute Gasteiger partial charge is 0.420 e. The molecule has 0 aliphatic carbocycles. The van der Waals surface area contributed by atoms with Crippen LogP contribution in [0.15, 0.2) is 27.4 Å². The van der Waals surface area contributed by atoms with Crippen molar-refractivity contribution < 1.29 is 14.4 Å². The second-order valence-corrected chi connectivity index (χ2v) is 5.10. The highest BCUT2D eigenvalue weighted by Crippen LogP contribution is 2.20. The van der Waals surface area contributed by atoms with Crippen molar-refractivity contribution >= 4 is 16.8 Å². The van der Waals surface area contributed by atoms with Gasteiger partial charge in [0.2, 0.25) is 0 Å². The number of benzene rings is 1. The molecule has 0 fully saturated rings. The molecule has 0 aliphatic heterocycles. The average molecular weight is 295 g/mol. The molecule has 1 heterocycles. The van der Waals surface area contributed by atoms with E-state index < -0.39 is 16.8 Å². The number of nitro benzene ring substituents is 1. The third-order valence-corrected chi connectivity index (χ3v) is 3.02. The van der Waals surface area contributed by atoms with E-state index in [-0.39, 0.29) is 23.9 Å². The van der Waals surface area contributed by atoms with Crippen LogP contribution in [0.2, 0.25) is 0 Å². The molecule has 0 aliphatic rings. The van der Waals surface area contributed by atoms with Crippen LogP contribution in [0.4, 0.5) is 5.69 Å². The van der Waals surface area contributed by atoms with E-state index in [1.54, 1.807) is 0 Å². The normalized spacial score (nSPS) is 13.0. The Morgan fingerprint density at radius 2 is 2.19 bits per heavy atom. The standard InChI is InChI=1S/C13H17N3O5/c1-8(2)14-6-10(17)7-15-11-5-9(16(19)20)3-4-12(11)21-13(15)18/h3-5,8,10,14,17H,6-7H2,1-2H3. The molecule has 1 atom stereocenters. The van der Waals surface area contributed by atoms with E-state index in [1.165, 1.54) is 22.8 Å². The zero-order valence-corrected chi connectivity index (χ0v) is 11.8. The van der Waals surface area contributed by atoms with E-state index in [2.05, 4.69) is 5.32 Å². The Morgan fingerprint density at radius 1 is 1.48 bits per heavy atom. The van der Waals surface area contributed by atoms with E-state index in [0.717, 1.165) is 0 Å². The van der Waals surface area contributed by atoms with E-state index >= 15 is 0 Å². The molecule has 8 heteroatoms. The van der Waals surface area contributed by atoms with Crippen LogP contribution in [0, 0.1) is 10.1 Å². The van der Waals surface area contributed by atoms with Crippen LogP contribution in [0.5, 0.6) is 0 Å². The molecular weight excluding hydrogens is 278 g/mol. The number of rotatable bonds is 6. The summed E-state index contributed by atoms with van der Waals surface area (Å²) in [4.78, 5) is 22.0. The lowest BCUT2D eigenvalue weighted by Gasteiger charge is -2.14. The Labute approximate surface area is 120 Å². The molecule has 8 nitrogen and oxygen atoms in total. The lowest BCUT2D eigenvalue weighted by molar-refractivity contribution is -0.384. The van der Waals surface area contributed by atoms with Crippen molar-refractivity contribution in [1.82, 2.24) is 9.88 Å². The number of aromatic nitrogens is 1. The van der Waals surface area contributed by atoms with Crippen molar-refractivity contribution in [3.8, 4) is 0 Å². The predicted octanol–water partition coefficient (Wildman–Crippen LogP) is 0.862. The van der Waals surface area contributed by atoms with Gasteiger partial charge in [0.15, 0.2) is 5.58 Å². The van der Waals surface area contributed by atoms with Crippen LogP contribution in [-0.4, -0.2) is 33.3 Å². The number of fused-ring (bicyclic) bond motifs is 1. The SMILES string of the molecule is CC(C)NCC(O)Cn1c(=O)oc2ccc([N+](=O)[O-])cc21. The summed E-state index contributed by atoms with van der Waals surface area (Å²) in [6.45, 7) is 4.20. The van der Waals surface area contributed by atoms with Crippen molar-refractivity contribution in [3.05, 3.63) is 38.9 Å². The van der Waals surface area contributed by atoms with E-state index in [1.807, 2.05) is 13.8 Å². The van der Waals surface area contributed by atoms with Crippen molar-refractivity contribution in [1.29, 1.82) is 0 Å². The maximum absolute atomic E-state index is 11.8. The molecule has 2 rings (SSSR count). The molecular formula is C13H17N3O5. The van der Waals surface area contributed by atoms with Gasteiger partial charge in [0, 0.05) is 24.7 Å². The Balaban J connectivity index is 2.30. The van der Waals surface area contributed by atoms with Crippen molar-refractivity contribution in [3.63, 3.8) is 0 Å². The third kappa shape index (κ3) is 3.47. The molecule has 1 aromatic heterocycles. The molecule has 0 saturated carbocycles. The topological polar surface area (TPSA) is 111 Å². The highest BCUT2D eigenvalue weighted by atomic mass is 16.6. The van der Waals surface area contributed by atoms with Gasteiger partial charge < -0.3 is 14.8 Å². The zero-order chi connectivity index (χ0) is 15.6. The molecule has 114 valence electrons. The Bertz CT molecular complexity index is 703. The second-order valence-electron chi connectivity index (χ2n) is 5.10. The Morgan fingerprint density at radius 3 is 2.81 bits per heavy atom. The molecule has 21 heavy (non-hydrogen) atoms. The Hall–Kier alpha value is -2.19. The van der Waals surface area contributed by atoms with E-state index in [0.29, 0.717) is 12.1 Å². The van der Waals surface area contributed by atoms with Gasteiger partial charge in [0.05, 0.1) is 23.1 Å². The van der Waals surface area contributed by atoms with Gasteiger partial charge in [-0.2, -0.15) is 0 Å². The van der Waals surface area contributed by atoms with Crippen molar-refractivity contribution in [2.45, 2.75) is 32.5 Å². The summed E-state index contributed by atoms with van der Waals surface area (Å²) in [5.41, 5.74) is 0.430. The van der Waals surface area contributed by atoms with Gasteiger partial charge in [-0.3, -0.25) is 14.7 Å². The number of nitrogens with zero attached hydrogens (tertiary/aromatic N) is 2. The molecule has 0 bridgehead atoms. The smallest absolute Gasteiger partial charge is 0.408 e. The molecule has 2 N–H and O–H groups in total. The maximum atomic E-state index is 11.8. The van der Waals surface area contributed by atoms with E-state index in [9.17, 15) is 20.0 Å². The summed E-state index contributed by atoms with van der Waals surface area (Å²) in [5, 5.41) is 23.8. The number of aliphatic hydroxyl groups excluding tert-OH is 1. The molecule has 1 aromatic carbocycles. The number of aliphatic hydroxyl groups is 1. The summed E-state index contributed by atoms with van der Waals surface area (Å²) in [7, 11) is 0. The van der Waals surface area contributed by atoms with Gasteiger partial charge in [0.25, 0.3) is 5.69 Å². The van der Waals surface area contributed by atoms with Crippen LogP contribution >= 0.6 is 0 Å². The highest BCUT2D eigenvalue weighted by molar-refractivity contribution is 5.75. The van der Waals surface area contributed by atoms with Crippen LogP contribution in [0.3, 0.4) is 0 Å². The van der Waals surface area contributed by atoms with E-state index in [4.69, 9.17) is 4.42 Å². The number of nitrogens with one attached hydrogen (secondary N) is 1. The number of oxazole rings is 1. The zero-order valence-electron chi connectivity index (χ0n) is 11.8. The minimum Gasteiger partial charge on any atom is -0.408 e. The third-order valence-electron chi connectivity index (χ3n) is 3.02. The summed E-state index contributed by atoms with van der Waals surface area (Å²) in [6.07, 6.45) is -0.801. The number of hydrogen-bond acceptors (Lipinski definition) is 6. The quantitative estimate of drug-likeness (QED) is 0.604. The molecule has 0 saturated heterocycles. The lowest BCUT2D eigenvalue weighted by atomic mass is 10.2. The summed E-state index contributed by atoms with van der Waals surface area (Å²) >= 11 is 0. The molecule has 2 aromatic rings. The summed E-state index contributed by atoms with van der Waals surface area (Å²) in [6, 6.07) is 4.12. The fourth-order valence-corrected chi connectivity index (χ4v) is 1.98. The molecule has 0 radical (unpaired) electrons. The van der Waals surface area contributed by atoms with Gasteiger partial charge in [-0.25, -0.2) is 4.79 Å². The fourth-order valence-electron chi connectivity index (χ4n) is 1.98. The van der Waals surface area contributed by atoms with Gasteiger partial charge in [-0.1, -0.05) is 13.8 Å². The first-order valence-electron chi connectivity index (χ1n) is 6.57. The minimum atomic E-state index is -0.801. The number of hydrogen-bond donors (Lipinski definition) is 2. The summed E-state index contributed by atoms with van der Waals surface area (Å²) < 4.78 is 6.22. The van der Waals surface area contributed by atoms with Crippen LogP contribution in [0.25, 0.3) is 11.1 Å². The first-order valence-corrected chi connectivity index (χ1v) is 6.57. The fraction of sp³-hybridized carbons (Fsp3) is 0.462. The van der Waals surface area contributed by atoms with Crippen LogP contribution in [-0.2, 0) is 6.54 Å². The molecule has 1 unspecified atom stereocenters. The van der Waals surface area contributed by atoms with Crippen molar-refractivity contribution in [2.75, 3.05) is 6.54 Å². The number of nitro groups is 1. The van der Waals surface area contributed by atoms with Crippen molar-refractivity contribution in [2.24, 2.45) is 0 Å². The highest BCUT2D eigenvalue weighted by Gasteiger charge is 2.16. The predicted molar refractivity (Wildman–Crippen MR) is 76.3 cm³/mol. The van der Waals surface area contributed by atoms with Gasteiger partial charge in [-0.05, 0) is 6.07 Å². The summed E-state index contributed by atoms with van der Waals surface area (Å²) in [5.74, 6) is -0.644. The average Bonchev–Trinajstić information content (AvgIpc) is 2.72. The maximum Gasteiger partial charge on any atom is 0.420 e.